The number of methoxy groups -OCH3 is 1. The Kier molecular flexibility index (Phi) is 5.36. The summed E-state index contributed by atoms with van der Waals surface area (Å²) < 4.78 is 5.17. The first kappa shape index (κ1) is 19.2. The van der Waals surface area contributed by atoms with Crippen LogP contribution in [0.3, 0.4) is 0 Å². The Morgan fingerprint density at radius 1 is 1.07 bits per heavy atom. The number of hydrogen-bond donors (Lipinski definition) is 1. The van der Waals surface area contributed by atoms with Gasteiger partial charge in [-0.05, 0) is 54.4 Å². The molecule has 29 heavy (non-hydrogen) atoms. The molecule has 2 heterocycles. The first-order valence-electron chi connectivity index (χ1n) is 9.85. The number of piperazine rings is 1. The minimum Gasteiger partial charge on any atom is -0.497 e. The van der Waals surface area contributed by atoms with Crippen molar-refractivity contribution in [1.82, 2.24) is 14.8 Å². The van der Waals surface area contributed by atoms with Crippen molar-refractivity contribution in [3.8, 4) is 5.75 Å². The van der Waals surface area contributed by atoms with Gasteiger partial charge in [-0.1, -0.05) is 12.1 Å². The number of carbonyl (C=O) groups is 1. The predicted molar refractivity (Wildman–Crippen MR) is 115 cm³/mol. The first-order chi connectivity index (χ1) is 14.0. The molecule has 1 amide bonds. The maximum absolute atomic E-state index is 12.8. The molecule has 0 saturated carbocycles. The fourth-order valence-electron chi connectivity index (χ4n) is 3.83. The zero-order valence-electron chi connectivity index (χ0n) is 16.9. The first-order valence-corrected chi connectivity index (χ1v) is 9.85. The predicted octanol–water partition coefficient (Wildman–Crippen LogP) is 3.09. The number of aromatic nitrogens is 1. The smallest absolute Gasteiger partial charge is 0.253 e. The minimum absolute atomic E-state index is 0.0707. The van der Waals surface area contributed by atoms with Crippen LogP contribution in [-0.4, -0.2) is 54.0 Å². The maximum Gasteiger partial charge on any atom is 0.253 e. The van der Waals surface area contributed by atoms with Gasteiger partial charge in [-0.2, -0.15) is 0 Å². The summed E-state index contributed by atoms with van der Waals surface area (Å²) >= 11 is 0. The van der Waals surface area contributed by atoms with Crippen LogP contribution in [0, 0.1) is 6.92 Å². The number of nitrogens with two attached hydrogens (primary N) is 1. The van der Waals surface area contributed by atoms with Crippen LogP contribution >= 0.6 is 0 Å². The van der Waals surface area contributed by atoms with Crippen LogP contribution in [0.1, 0.15) is 21.5 Å². The van der Waals surface area contributed by atoms with E-state index in [1.165, 1.54) is 11.1 Å². The van der Waals surface area contributed by atoms with Crippen LogP contribution in [0.4, 0.5) is 5.82 Å². The second-order valence-electron chi connectivity index (χ2n) is 7.52. The number of aryl methyl sites for hydroxylation is 1. The molecule has 6 heteroatoms. The average Bonchev–Trinajstić information content (AvgIpc) is 2.73. The molecule has 0 radical (unpaired) electrons. The lowest BCUT2D eigenvalue weighted by Gasteiger charge is -2.35. The average molecular weight is 390 g/mol. The highest BCUT2D eigenvalue weighted by molar-refractivity contribution is 5.94. The molecule has 2 N–H and O–H groups in total. The Balaban J connectivity index is 1.42. The van der Waals surface area contributed by atoms with Crippen LogP contribution in [0.2, 0.25) is 0 Å². The summed E-state index contributed by atoms with van der Waals surface area (Å²) in [5.74, 6) is 1.37. The number of carbonyl (C=O) groups excluding carboxylic acids is 1. The number of hydrogen-bond acceptors (Lipinski definition) is 5. The molecule has 0 atom stereocenters. The molecule has 1 saturated heterocycles. The largest absolute Gasteiger partial charge is 0.497 e. The monoisotopic (exact) mass is 390 g/mol. The van der Waals surface area contributed by atoms with Crippen molar-refractivity contribution in [2.24, 2.45) is 0 Å². The molecule has 1 aliphatic heterocycles. The van der Waals surface area contributed by atoms with Gasteiger partial charge in [-0.15, -0.1) is 0 Å². The number of rotatable bonds is 4. The molecule has 0 spiro atoms. The third kappa shape index (κ3) is 4.17. The lowest BCUT2D eigenvalue weighted by Crippen LogP contribution is -2.48. The number of pyridine rings is 1. The van der Waals surface area contributed by atoms with Crippen LogP contribution in [0.15, 0.2) is 48.5 Å². The quantitative estimate of drug-likeness (QED) is 0.741. The zero-order chi connectivity index (χ0) is 20.4. The van der Waals surface area contributed by atoms with E-state index in [2.05, 4.69) is 35.0 Å². The maximum atomic E-state index is 12.8. The molecule has 1 fully saturated rings. The van der Waals surface area contributed by atoms with E-state index in [0.717, 1.165) is 36.3 Å². The Morgan fingerprint density at radius 3 is 2.48 bits per heavy atom. The van der Waals surface area contributed by atoms with Crippen molar-refractivity contribution in [3.63, 3.8) is 0 Å². The van der Waals surface area contributed by atoms with Gasteiger partial charge in [0.2, 0.25) is 0 Å². The van der Waals surface area contributed by atoms with E-state index in [1.54, 1.807) is 7.11 Å². The Hall–Kier alpha value is -3.12. The number of nitrogen functional groups attached to an aromatic ring is 1. The summed E-state index contributed by atoms with van der Waals surface area (Å²) in [6.45, 7) is 5.94. The number of ether oxygens (including phenoxy) is 1. The number of anilines is 1. The summed E-state index contributed by atoms with van der Waals surface area (Å²) in [4.78, 5) is 21.5. The fourth-order valence-corrected chi connectivity index (χ4v) is 3.83. The van der Waals surface area contributed by atoms with Crippen LogP contribution in [-0.2, 0) is 6.54 Å². The van der Waals surface area contributed by atoms with Gasteiger partial charge in [-0.25, -0.2) is 4.98 Å². The summed E-state index contributed by atoms with van der Waals surface area (Å²) in [6, 6.07) is 15.6. The van der Waals surface area contributed by atoms with Crippen LogP contribution in [0.25, 0.3) is 10.9 Å². The number of benzene rings is 2. The standard InChI is InChI=1S/C23H26N4O2/c1-16-3-8-20-18(14-22(24)25-21(20)13-16)15-26-9-11-27(12-10-26)23(28)17-4-6-19(29-2)7-5-17/h3-8,13-14H,9-12,15H2,1-2H3,(H2,24,25). The molecule has 1 aromatic heterocycles. The van der Waals surface area contributed by atoms with E-state index in [-0.39, 0.29) is 5.91 Å². The third-order valence-corrected chi connectivity index (χ3v) is 5.46. The van der Waals surface area contributed by atoms with Crippen molar-refractivity contribution < 1.29 is 9.53 Å². The molecular weight excluding hydrogens is 364 g/mol. The van der Waals surface area contributed by atoms with E-state index < -0.39 is 0 Å². The van der Waals surface area contributed by atoms with Crippen molar-refractivity contribution in [3.05, 3.63) is 65.2 Å². The lowest BCUT2D eigenvalue weighted by atomic mass is 10.1. The van der Waals surface area contributed by atoms with Gasteiger partial charge in [0.05, 0.1) is 12.6 Å². The molecule has 0 bridgehead atoms. The normalized spacial score (nSPS) is 14.9. The van der Waals surface area contributed by atoms with Gasteiger partial charge in [-0.3, -0.25) is 9.69 Å². The van der Waals surface area contributed by atoms with Crippen molar-refractivity contribution in [2.45, 2.75) is 13.5 Å². The van der Waals surface area contributed by atoms with Crippen LogP contribution < -0.4 is 10.5 Å². The molecule has 0 unspecified atom stereocenters. The van der Waals surface area contributed by atoms with Crippen molar-refractivity contribution in [1.29, 1.82) is 0 Å². The Bertz CT molecular complexity index is 1020. The second-order valence-corrected chi connectivity index (χ2v) is 7.52. The van der Waals surface area contributed by atoms with E-state index in [4.69, 9.17) is 10.5 Å². The molecule has 6 nitrogen and oxygen atoms in total. The highest BCUT2D eigenvalue weighted by atomic mass is 16.5. The summed E-state index contributed by atoms with van der Waals surface area (Å²) in [7, 11) is 1.62. The van der Waals surface area contributed by atoms with Gasteiger partial charge in [0.25, 0.3) is 5.91 Å². The number of fused-ring (bicyclic) bond motifs is 1. The zero-order valence-corrected chi connectivity index (χ0v) is 16.9. The van der Waals surface area contributed by atoms with Gasteiger partial charge in [0.15, 0.2) is 0 Å². The SMILES string of the molecule is COc1ccc(C(=O)N2CCN(Cc3cc(N)nc4cc(C)ccc34)CC2)cc1. The van der Waals surface area contributed by atoms with Gasteiger partial charge >= 0.3 is 0 Å². The Labute approximate surface area is 170 Å². The molecule has 3 aromatic rings. The molecule has 0 aliphatic carbocycles. The van der Waals surface area contributed by atoms with Crippen molar-refractivity contribution in [2.75, 3.05) is 39.0 Å². The van der Waals surface area contributed by atoms with Gasteiger partial charge in [0, 0.05) is 43.7 Å². The Morgan fingerprint density at radius 2 is 1.79 bits per heavy atom. The number of nitrogens with zero attached hydrogens (tertiary/aromatic N) is 3. The highest BCUT2D eigenvalue weighted by Crippen LogP contribution is 2.23. The van der Waals surface area contributed by atoms with Crippen molar-refractivity contribution >= 4 is 22.6 Å². The minimum atomic E-state index is 0.0707. The van der Waals surface area contributed by atoms with E-state index >= 15 is 0 Å². The van der Waals surface area contributed by atoms with Gasteiger partial charge in [0.1, 0.15) is 11.6 Å². The van der Waals surface area contributed by atoms with Crippen LogP contribution in [0.5, 0.6) is 5.75 Å². The van der Waals surface area contributed by atoms with Gasteiger partial charge < -0.3 is 15.4 Å². The summed E-state index contributed by atoms with van der Waals surface area (Å²) in [5, 5.41) is 1.14. The van der Waals surface area contributed by atoms with E-state index in [1.807, 2.05) is 35.2 Å². The second kappa shape index (κ2) is 8.09. The summed E-state index contributed by atoms with van der Waals surface area (Å²) in [6.07, 6.45) is 0. The lowest BCUT2D eigenvalue weighted by molar-refractivity contribution is 0.0629. The molecule has 1 aliphatic rings. The molecule has 4 rings (SSSR count). The molecular formula is C23H26N4O2. The third-order valence-electron chi connectivity index (χ3n) is 5.46. The summed E-state index contributed by atoms with van der Waals surface area (Å²) in [5.41, 5.74) is 10.0. The fraction of sp³-hybridized carbons (Fsp3) is 0.304. The topological polar surface area (TPSA) is 71.7 Å². The number of amides is 1. The van der Waals surface area contributed by atoms with E-state index in [0.29, 0.717) is 24.5 Å². The van der Waals surface area contributed by atoms with E-state index in [9.17, 15) is 4.79 Å². The highest BCUT2D eigenvalue weighted by Gasteiger charge is 2.22. The molecule has 2 aromatic carbocycles. The molecule has 150 valence electrons.